The van der Waals surface area contributed by atoms with Crippen molar-refractivity contribution in [1.82, 2.24) is 9.88 Å². The maximum Gasteiger partial charge on any atom is 0.272 e. The standard InChI is InChI=1S/C14H21N3O2/c1-9(2)13(18)16-11-6-7-12(15-8-11)14(19)17(5)10(3)4/h6-10H,1-5H3,(H,16,18). The Balaban J connectivity index is 2.77. The van der Waals surface area contributed by atoms with E-state index in [1.54, 1.807) is 24.1 Å². The van der Waals surface area contributed by atoms with Gasteiger partial charge in [-0.05, 0) is 26.0 Å². The van der Waals surface area contributed by atoms with Crippen LogP contribution in [0, 0.1) is 5.92 Å². The number of amides is 2. The van der Waals surface area contributed by atoms with Gasteiger partial charge in [0.2, 0.25) is 5.91 Å². The van der Waals surface area contributed by atoms with E-state index in [9.17, 15) is 9.59 Å². The second-order valence-corrected chi connectivity index (χ2v) is 5.09. The summed E-state index contributed by atoms with van der Waals surface area (Å²) in [6.07, 6.45) is 1.50. The van der Waals surface area contributed by atoms with Gasteiger partial charge in [0, 0.05) is 19.0 Å². The number of carbonyl (C=O) groups is 2. The van der Waals surface area contributed by atoms with Gasteiger partial charge in [0.1, 0.15) is 5.69 Å². The highest BCUT2D eigenvalue weighted by Gasteiger charge is 2.15. The maximum atomic E-state index is 12.0. The van der Waals surface area contributed by atoms with Crippen LogP contribution in [0.5, 0.6) is 0 Å². The topological polar surface area (TPSA) is 62.3 Å². The fourth-order valence-electron chi connectivity index (χ4n) is 1.30. The lowest BCUT2D eigenvalue weighted by atomic mass is 10.2. The predicted octanol–water partition coefficient (Wildman–Crippen LogP) is 2.16. The van der Waals surface area contributed by atoms with Gasteiger partial charge in [-0.1, -0.05) is 13.8 Å². The molecule has 19 heavy (non-hydrogen) atoms. The number of carbonyl (C=O) groups excluding carboxylic acids is 2. The fourth-order valence-corrected chi connectivity index (χ4v) is 1.30. The molecule has 0 aliphatic heterocycles. The molecule has 1 aromatic heterocycles. The van der Waals surface area contributed by atoms with Crippen molar-refractivity contribution in [2.24, 2.45) is 5.92 Å². The Labute approximate surface area is 114 Å². The highest BCUT2D eigenvalue weighted by Crippen LogP contribution is 2.10. The number of aromatic nitrogens is 1. The van der Waals surface area contributed by atoms with Gasteiger partial charge in [-0.3, -0.25) is 9.59 Å². The molecular formula is C14H21N3O2. The van der Waals surface area contributed by atoms with Crippen LogP contribution in [0.1, 0.15) is 38.2 Å². The summed E-state index contributed by atoms with van der Waals surface area (Å²) in [4.78, 5) is 29.2. The number of nitrogens with zero attached hydrogens (tertiary/aromatic N) is 2. The van der Waals surface area contributed by atoms with Gasteiger partial charge in [0.25, 0.3) is 5.91 Å². The van der Waals surface area contributed by atoms with Gasteiger partial charge < -0.3 is 10.2 Å². The van der Waals surface area contributed by atoms with Crippen LogP contribution in [-0.4, -0.2) is 34.8 Å². The lowest BCUT2D eigenvalue weighted by Gasteiger charge is -2.20. The molecule has 0 atom stereocenters. The molecule has 0 radical (unpaired) electrons. The summed E-state index contributed by atoms with van der Waals surface area (Å²) in [7, 11) is 1.74. The Morgan fingerprint density at radius 3 is 2.26 bits per heavy atom. The summed E-state index contributed by atoms with van der Waals surface area (Å²) in [6, 6.07) is 3.43. The molecule has 5 heteroatoms. The quantitative estimate of drug-likeness (QED) is 0.905. The van der Waals surface area contributed by atoms with Crippen molar-refractivity contribution in [2.75, 3.05) is 12.4 Å². The van der Waals surface area contributed by atoms with Crippen molar-refractivity contribution < 1.29 is 9.59 Å². The normalized spacial score (nSPS) is 10.7. The van der Waals surface area contributed by atoms with Crippen molar-refractivity contribution in [3.05, 3.63) is 24.0 Å². The molecule has 0 fully saturated rings. The molecule has 0 bridgehead atoms. The van der Waals surface area contributed by atoms with Crippen LogP contribution in [0.2, 0.25) is 0 Å². The third-order valence-corrected chi connectivity index (χ3v) is 2.87. The van der Waals surface area contributed by atoms with E-state index in [4.69, 9.17) is 0 Å². The molecule has 2 amide bonds. The molecular weight excluding hydrogens is 242 g/mol. The molecule has 0 unspecified atom stereocenters. The Morgan fingerprint density at radius 1 is 1.21 bits per heavy atom. The van der Waals surface area contributed by atoms with Crippen LogP contribution in [0.25, 0.3) is 0 Å². The minimum Gasteiger partial charge on any atom is -0.338 e. The van der Waals surface area contributed by atoms with Gasteiger partial charge in [-0.2, -0.15) is 0 Å². The van der Waals surface area contributed by atoms with E-state index in [1.807, 2.05) is 27.7 Å². The minimum absolute atomic E-state index is 0.0693. The first kappa shape index (κ1) is 15.1. The summed E-state index contributed by atoms with van der Waals surface area (Å²) in [5.74, 6) is -0.287. The molecule has 1 aromatic rings. The highest BCUT2D eigenvalue weighted by atomic mass is 16.2. The minimum atomic E-state index is -0.128. The molecule has 0 saturated heterocycles. The summed E-state index contributed by atoms with van der Waals surface area (Å²) in [5, 5.41) is 2.73. The fraction of sp³-hybridized carbons (Fsp3) is 0.500. The van der Waals surface area contributed by atoms with Crippen LogP contribution >= 0.6 is 0 Å². The van der Waals surface area contributed by atoms with Crippen molar-refractivity contribution in [3.63, 3.8) is 0 Å². The lowest BCUT2D eigenvalue weighted by Crippen LogP contribution is -2.33. The van der Waals surface area contributed by atoms with E-state index in [0.717, 1.165) is 0 Å². The Morgan fingerprint density at radius 2 is 1.84 bits per heavy atom. The lowest BCUT2D eigenvalue weighted by molar-refractivity contribution is -0.118. The summed E-state index contributed by atoms with van der Waals surface area (Å²) in [6.45, 7) is 7.51. The van der Waals surface area contributed by atoms with Crippen molar-refractivity contribution >= 4 is 17.5 Å². The Bertz CT molecular complexity index is 452. The van der Waals surface area contributed by atoms with Crippen LogP contribution in [0.15, 0.2) is 18.3 Å². The van der Waals surface area contributed by atoms with Gasteiger partial charge in [0.05, 0.1) is 11.9 Å². The molecule has 0 saturated carbocycles. The van der Waals surface area contributed by atoms with Crippen LogP contribution < -0.4 is 5.32 Å². The zero-order valence-corrected chi connectivity index (χ0v) is 12.1. The SMILES string of the molecule is CC(C)C(=O)Nc1ccc(C(=O)N(C)C(C)C)nc1. The third-order valence-electron chi connectivity index (χ3n) is 2.87. The molecule has 0 aromatic carbocycles. The first-order chi connectivity index (χ1) is 8.82. The Hall–Kier alpha value is -1.91. The first-order valence-electron chi connectivity index (χ1n) is 6.37. The number of pyridine rings is 1. The van der Waals surface area contributed by atoms with E-state index >= 15 is 0 Å². The van der Waals surface area contributed by atoms with E-state index < -0.39 is 0 Å². The molecule has 0 aliphatic rings. The van der Waals surface area contributed by atoms with E-state index in [2.05, 4.69) is 10.3 Å². The smallest absolute Gasteiger partial charge is 0.272 e. The van der Waals surface area contributed by atoms with Crippen molar-refractivity contribution in [1.29, 1.82) is 0 Å². The van der Waals surface area contributed by atoms with E-state index in [1.165, 1.54) is 6.20 Å². The summed E-state index contributed by atoms with van der Waals surface area (Å²) in [5.41, 5.74) is 0.973. The van der Waals surface area contributed by atoms with Crippen LogP contribution in [-0.2, 0) is 4.79 Å². The van der Waals surface area contributed by atoms with Crippen LogP contribution in [0.4, 0.5) is 5.69 Å². The van der Waals surface area contributed by atoms with Gasteiger partial charge >= 0.3 is 0 Å². The van der Waals surface area contributed by atoms with Gasteiger partial charge in [-0.25, -0.2) is 4.98 Å². The predicted molar refractivity (Wildman–Crippen MR) is 74.9 cm³/mol. The molecule has 5 nitrogen and oxygen atoms in total. The number of rotatable bonds is 4. The second-order valence-electron chi connectivity index (χ2n) is 5.09. The van der Waals surface area contributed by atoms with Crippen molar-refractivity contribution in [3.8, 4) is 0 Å². The number of hydrogen-bond donors (Lipinski definition) is 1. The maximum absolute atomic E-state index is 12.0. The largest absolute Gasteiger partial charge is 0.338 e. The number of hydrogen-bond acceptors (Lipinski definition) is 3. The molecule has 104 valence electrons. The monoisotopic (exact) mass is 263 g/mol. The van der Waals surface area contributed by atoms with Gasteiger partial charge in [0.15, 0.2) is 0 Å². The zero-order chi connectivity index (χ0) is 14.6. The molecule has 1 rings (SSSR count). The average Bonchev–Trinajstić information content (AvgIpc) is 2.37. The van der Waals surface area contributed by atoms with Crippen molar-refractivity contribution in [2.45, 2.75) is 33.7 Å². The summed E-state index contributed by atoms with van der Waals surface area (Å²) < 4.78 is 0. The molecule has 1 heterocycles. The highest BCUT2D eigenvalue weighted by molar-refractivity contribution is 5.94. The van der Waals surface area contributed by atoms with Gasteiger partial charge in [-0.15, -0.1) is 0 Å². The average molecular weight is 263 g/mol. The molecule has 0 aliphatic carbocycles. The number of anilines is 1. The third kappa shape index (κ3) is 4.05. The molecule has 0 spiro atoms. The van der Waals surface area contributed by atoms with E-state index in [-0.39, 0.29) is 23.8 Å². The second kappa shape index (κ2) is 6.31. The van der Waals surface area contributed by atoms with E-state index in [0.29, 0.717) is 11.4 Å². The van der Waals surface area contributed by atoms with Crippen LogP contribution in [0.3, 0.4) is 0 Å². The summed E-state index contributed by atoms with van der Waals surface area (Å²) >= 11 is 0. The Kier molecular flexibility index (Phi) is 5.03. The first-order valence-corrected chi connectivity index (χ1v) is 6.37. The zero-order valence-electron chi connectivity index (χ0n) is 12.1. The molecule has 1 N–H and O–H groups in total. The number of nitrogens with one attached hydrogen (secondary N) is 1.